The number of hydrogen-bond donors (Lipinski definition) is 1. The Kier molecular flexibility index (Phi) is 4.58. The third kappa shape index (κ3) is 4.56. The van der Waals surface area contributed by atoms with Crippen molar-refractivity contribution in [2.24, 2.45) is 0 Å². The molecule has 0 aliphatic rings. The van der Waals surface area contributed by atoms with Crippen LogP contribution in [0.2, 0.25) is 18.1 Å². The van der Waals surface area contributed by atoms with Crippen LogP contribution in [-0.2, 0) is 4.79 Å². The van der Waals surface area contributed by atoms with Gasteiger partial charge in [0.2, 0.25) is 8.32 Å². The van der Waals surface area contributed by atoms with Crippen molar-refractivity contribution in [3.8, 4) is 5.75 Å². The monoisotopic (exact) mass is 278 g/mol. The third-order valence-electron chi connectivity index (χ3n) is 3.48. The lowest BCUT2D eigenvalue weighted by Gasteiger charge is -2.36. The van der Waals surface area contributed by atoms with Crippen molar-refractivity contribution in [3.63, 3.8) is 0 Å². The number of rotatable bonds is 4. The second kappa shape index (κ2) is 5.61. The van der Waals surface area contributed by atoms with Gasteiger partial charge >= 0.3 is 5.97 Å². The molecule has 1 N–H and O–H groups in total. The van der Waals surface area contributed by atoms with E-state index in [9.17, 15) is 4.79 Å². The molecule has 1 aromatic rings. The molecule has 0 fully saturated rings. The summed E-state index contributed by atoms with van der Waals surface area (Å²) in [6.45, 7) is 11.0. The summed E-state index contributed by atoms with van der Waals surface area (Å²) >= 11 is 0. The van der Waals surface area contributed by atoms with Crippen molar-refractivity contribution in [3.05, 3.63) is 35.9 Å². The summed E-state index contributed by atoms with van der Waals surface area (Å²) in [5, 5.41) is 8.73. The van der Waals surface area contributed by atoms with Crippen LogP contribution in [0.5, 0.6) is 5.75 Å². The fraction of sp³-hybridized carbons (Fsp3) is 0.400. The van der Waals surface area contributed by atoms with E-state index in [-0.39, 0.29) is 5.04 Å². The van der Waals surface area contributed by atoms with E-state index in [0.717, 1.165) is 17.4 Å². The summed E-state index contributed by atoms with van der Waals surface area (Å²) in [6, 6.07) is 7.51. The molecule has 3 nitrogen and oxygen atoms in total. The Labute approximate surface area is 116 Å². The van der Waals surface area contributed by atoms with Gasteiger partial charge in [0, 0.05) is 6.08 Å². The van der Waals surface area contributed by atoms with E-state index in [1.54, 1.807) is 6.08 Å². The Hall–Kier alpha value is -1.55. The van der Waals surface area contributed by atoms with Crippen molar-refractivity contribution in [2.45, 2.75) is 38.9 Å². The summed E-state index contributed by atoms with van der Waals surface area (Å²) in [5.74, 6) is -0.0966. The van der Waals surface area contributed by atoms with Crippen molar-refractivity contribution in [1.29, 1.82) is 0 Å². The fourth-order valence-corrected chi connectivity index (χ4v) is 2.29. The van der Waals surface area contributed by atoms with Crippen LogP contribution in [0.25, 0.3) is 6.08 Å². The number of carboxylic acid groups (broad SMARTS) is 1. The maximum Gasteiger partial charge on any atom is 0.328 e. The first kappa shape index (κ1) is 15.5. The molecule has 0 aliphatic heterocycles. The lowest BCUT2D eigenvalue weighted by molar-refractivity contribution is -0.131. The highest BCUT2D eigenvalue weighted by Crippen LogP contribution is 2.37. The predicted octanol–water partition coefficient (Wildman–Crippen LogP) is 4.17. The number of carbonyl (C=O) groups is 1. The fourth-order valence-electron chi connectivity index (χ4n) is 1.26. The topological polar surface area (TPSA) is 46.5 Å². The van der Waals surface area contributed by atoms with Crippen molar-refractivity contribution in [2.75, 3.05) is 0 Å². The number of benzene rings is 1. The van der Waals surface area contributed by atoms with Crippen LogP contribution >= 0.6 is 0 Å². The highest BCUT2D eigenvalue weighted by molar-refractivity contribution is 6.74. The van der Waals surface area contributed by atoms with Crippen LogP contribution in [0.4, 0.5) is 0 Å². The van der Waals surface area contributed by atoms with Gasteiger partial charge < -0.3 is 9.53 Å². The van der Waals surface area contributed by atoms with Crippen LogP contribution < -0.4 is 4.43 Å². The summed E-state index contributed by atoms with van der Waals surface area (Å²) in [4.78, 5) is 10.4. The number of carboxylic acids is 1. The number of aliphatic carboxylic acids is 1. The van der Waals surface area contributed by atoms with E-state index >= 15 is 0 Å². The molecule has 104 valence electrons. The minimum absolute atomic E-state index is 0.162. The molecule has 19 heavy (non-hydrogen) atoms. The van der Waals surface area contributed by atoms with Crippen molar-refractivity contribution >= 4 is 20.4 Å². The molecular formula is C15H22O3Si. The Bertz CT molecular complexity index is 467. The zero-order valence-electron chi connectivity index (χ0n) is 12.2. The zero-order chi connectivity index (χ0) is 14.7. The summed E-state index contributed by atoms with van der Waals surface area (Å²) < 4.78 is 6.15. The molecule has 0 spiro atoms. The molecule has 0 heterocycles. The predicted molar refractivity (Wildman–Crippen MR) is 80.9 cm³/mol. The Morgan fingerprint density at radius 1 is 1.21 bits per heavy atom. The lowest BCUT2D eigenvalue weighted by Crippen LogP contribution is -2.43. The molecule has 4 heteroatoms. The second-order valence-corrected chi connectivity index (χ2v) is 10.8. The van der Waals surface area contributed by atoms with Crippen molar-refractivity contribution < 1.29 is 14.3 Å². The van der Waals surface area contributed by atoms with E-state index < -0.39 is 14.3 Å². The molecule has 1 aromatic carbocycles. The van der Waals surface area contributed by atoms with Gasteiger partial charge in [-0.2, -0.15) is 0 Å². The minimum atomic E-state index is -1.81. The van der Waals surface area contributed by atoms with Gasteiger partial charge in [0.25, 0.3) is 0 Å². The van der Waals surface area contributed by atoms with Crippen LogP contribution in [0.15, 0.2) is 30.3 Å². The van der Waals surface area contributed by atoms with Gasteiger partial charge in [-0.3, -0.25) is 0 Å². The first-order valence-electron chi connectivity index (χ1n) is 6.32. The number of hydrogen-bond acceptors (Lipinski definition) is 2. The van der Waals surface area contributed by atoms with Gasteiger partial charge in [-0.25, -0.2) is 4.79 Å². The smallest absolute Gasteiger partial charge is 0.328 e. The Balaban J connectivity index is 2.81. The van der Waals surface area contributed by atoms with Crippen LogP contribution in [0, 0.1) is 0 Å². The maximum atomic E-state index is 10.4. The van der Waals surface area contributed by atoms with E-state index in [1.807, 2.05) is 24.3 Å². The highest BCUT2D eigenvalue weighted by Gasteiger charge is 2.38. The van der Waals surface area contributed by atoms with Gasteiger partial charge in [-0.15, -0.1) is 0 Å². The normalized spacial score (nSPS) is 12.7. The molecule has 0 bridgehead atoms. The van der Waals surface area contributed by atoms with Gasteiger partial charge in [0.15, 0.2) is 0 Å². The highest BCUT2D eigenvalue weighted by atomic mass is 28.4. The van der Waals surface area contributed by atoms with Crippen LogP contribution in [0.3, 0.4) is 0 Å². The van der Waals surface area contributed by atoms with Gasteiger partial charge in [0.1, 0.15) is 5.75 Å². The van der Waals surface area contributed by atoms with E-state index in [0.29, 0.717) is 0 Å². The summed E-state index contributed by atoms with van der Waals surface area (Å²) in [5.41, 5.74) is 0.852. The summed E-state index contributed by atoms with van der Waals surface area (Å²) in [6.07, 6.45) is 2.70. The van der Waals surface area contributed by atoms with E-state index in [4.69, 9.17) is 9.53 Å². The Morgan fingerprint density at radius 2 is 1.74 bits per heavy atom. The van der Waals surface area contributed by atoms with Crippen molar-refractivity contribution in [1.82, 2.24) is 0 Å². The lowest BCUT2D eigenvalue weighted by atomic mass is 10.2. The molecule has 0 saturated carbocycles. The molecule has 1 rings (SSSR count). The molecule has 0 aliphatic carbocycles. The SMILES string of the molecule is CC(C)(C)[Si](C)(C)Oc1ccc(C=CC(=O)O)cc1. The van der Waals surface area contributed by atoms with E-state index in [1.165, 1.54) is 0 Å². The average Bonchev–Trinajstić information content (AvgIpc) is 2.26. The summed E-state index contributed by atoms with van der Waals surface area (Å²) in [7, 11) is -1.81. The standard InChI is InChI=1S/C15H22O3Si/c1-15(2,3)19(4,5)18-13-9-6-12(7-10-13)8-11-14(16)17/h6-11H,1-5H3,(H,16,17). The molecule has 0 atom stereocenters. The third-order valence-corrected chi connectivity index (χ3v) is 7.84. The average molecular weight is 278 g/mol. The molecule has 0 unspecified atom stereocenters. The molecule has 0 aromatic heterocycles. The quantitative estimate of drug-likeness (QED) is 0.664. The Morgan fingerprint density at radius 3 is 2.16 bits per heavy atom. The molecular weight excluding hydrogens is 256 g/mol. The maximum absolute atomic E-state index is 10.4. The van der Waals surface area contributed by atoms with Crippen LogP contribution in [-0.4, -0.2) is 19.4 Å². The first-order chi connectivity index (χ1) is 8.62. The second-order valence-electron chi connectivity index (χ2n) is 6.10. The molecule has 0 saturated heterocycles. The molecule has 0 amide bonds. The van der Waals surface area contributed by atoms with Gasteiger partial charge in [-0.05, 0) is 41.9 Å². The first-order valence-corrected chi connectivity index (χ1v) is 9.23. The van der Waals surface area contributed by atoms with Gasteiger partial charge in [0.05, 0.1) is 0 Å². The van der Waals surface area contributed by atoms with Crippen LogP contribution in [0.1, 0.15) is 26.3 Å². The largest absolute Gasteiger partial charge is 0.544 e. The van der Waals surface area contributed by atoms with E-state index in [2.05, 4.69) is 33.9 Å². The van der Waals surface area contributed by atoms with Gasteiger partial charge in [-0.1, -0.05) is 32.9 Å². The molecule has 0 radical (unpaired) electrons. The minimum Gasteiger partial charge on any atom is -0.544 e. The zero-order valence-corrected chi connectivity index (χ0v) is 13.2.